The first-order valence-electron chi connectivity index (χ1n) is 9.38. The van der Waals surface area contributed by atoms with Crippen LogP contribution >= 0.6 is 22.9 Å². The summed E-state index contributed by atoms with van der Waals surface area (Å²) in [4.78, 5) is 24.2. The van der Waals surface area contributed by atoms with Gasteiger partial charge < -0.3 is 4.74 Å². The van der Waals surface area contributed by atoms with Crippen LogP contribution in [0.15, 0.2) is 54.9 Å². The summed E-state index contributed by atoms with van der Waals surface area (Å²) in [5, 5.41) is 1.14. The topological polar surface area (TPSA) is 55.3 Å². The van der Waals surface area contributed by atoms with Gasteiger partial charge in [-0.15, -0.1) is 0 Å². The standard InChI is InChI=1S/C23H20ClN3O2S/c1-14-9-15(2)11-17(10-14)22(28)27(13-16-5-4-8-25-12-16)23-26-20-19(29-3)7-6-18(24)21(20)30-23/h4-12H,13H2,1-3H3. The summed E-state index contributed by atoms with van der Waals surface area (Å²) in [6, 6.07) is 13.2. The Labute approximate surface area is 183 Å². The highest BCUT2D eigenvalue weighted by Crippen LogP contribution is 2.39. The second-order valence-corrected chi connectivity index (χ2v) is 8.44. The molecule has 0 N–H and O–H groups in total. The summed E-state index contributed by atoms with van der Waals surface area (Å²) in [5.74, 6) is 0.497. The molecule has 7 heteroatoms. The SMILES string of the molecule is COc1ccc(Cl)c2sc(N(Cc3cccnc3)C(=O)c3cc(C)cc(C)c3)nc12. The lowest BCUT2D eigenvalue weighted by Crippen LogP contribution is -2.30. The zero-order chi connectivity index (χ0) is 21.3. The number of anilines is 1. The molecule has 0 bridgehead atoms. The summed E-state index contributed by atoms with van der Waals surface area (Å²) in [6.07, 6.45) is 3.46. The normalized spacial score (nSPS) is 10.9. The molecule has 0 aliphatic heterocycles. The maximum Gasteiger partial charge on any atom is 0.260 e. The molecule has 4 rings (SSSR count). The van der Waals surface area contributed by atoms with Crippen LogP contribution in [0, 0.1) is 13.8 Å². The van der Waals surface area contributed by atoms with E-state index in [-0.39, 0.29) is 5.91 Å². The first-order valence-corrected chi connectivity index (χ1v) is 10.6. The number of carbonyl (C=O) groups is 1. The van der Waals surface area contributed by atoms with Crippen LogP contribution in [-0.2, 0) is 6.54 Å². The van der Waals surface area contributed by atoms with Crippen molar-refractivity contribution in [2.45, 2.75) is 20.4 Å². The molecule has 0 saturated heterocycles. The second kappa shape index (κ2) is 8.42. The molecule has 2 aromatic heterocycles. The van der Waals surface area contributed by atoms with Crippen molar-refractivity contribution in [1.82, 2.24) is 9.97 Å². The Morgan fingerprint density at radius 2 is 1.93 bits per heavy atom. The van der Waals surface area contributed by atoms with E-state index >= 15 is 0 Å². The third kappa shape index (κ3) is 4.01. The Hall–Kier alpha value is -2.96. The van der Waals surface area contributed by atoms with Gasteiger partial charge in [0, 0.05) is 18.0 Å². The average molecular weight is 438 g/mol. The molecule has 1 amide bonds. The minimum absolute atomic E-state index is 0.125. The molecule has 0 spiro atoms. The predicted octanol–water partition coefficient (Wildman–Crippen LogP) is 5.82. The fourth-order valence-electron chi connectivity index (χ4n) is 3.38. The number of pyridine rings is 1. The van der Waals surface area contributed by atoms with Gasteiger partial charge in [0.1, 0.15) is 11.3 Å². The van der Waals surface area contributed by atoms with Gasteiger partial charge in [-0.05, 0) is 49.7 Å². The van der Waals surface area contributed by atoms with Crippen LogP contribution in [0.2, 0.25) is 5.02 Å². The lowest BCUT2D eigenvalue weighted by atomic mass is 10.1. The van der Waals surface area contributed by atoms with Gasteiger partial charge in [-0.2, -0.15) is 0 Å². The van der Waals surface area contributed by atoms with Gasteiger partial charge in [0.25, 0.3) is 5.91 Å². The van der Waals surface area contributed by atoms with Crippen LogP contribution in [0.25, 0.3) is 10.2 Å². The number of ether oxygens (including phenoxy) is 1. The summed E-state index contributed by atoms with van der Waals surface area (Å²) < 4.78 is 6.23. The Morgan fingerprint density at radius 1 is 1.17 bits per heavy atom. The van der Waals surface area contributed by atoms with Gasteiger partial charge in [0.15, 0.2) is 5.13 Å². The Kier molecular flexibility index (Phi) is 5.70. The third-order valence-electron chi connectivity index (χ3n) is 4.68. The summed E-state index contributed by atoms with van der Waals surface area (Å²) >= 11 is 7.78. The van der Waals surface area contributed by atoms with E-state index in [2.05, 4.69) is 4.98 Å². The molecule has 0 fully saturated rings. The Balaban J connectivity index is 1.84. The van der Waals surface area contributed by atoms with E-state index in [0.29, 0.717) is 33.5 Å². The van der Waals surface area contributed by atoms with E-state index in [4.69, 9.17) is 21.3 Å². The molecule has 30 heavy (non-hydrogen) atoms. The maximum absolute atomic E-state index is 13.6. The number of fused-ring (bicyclic) bond motifs is 1. The average Bonchev–Trinajstić information content (AvgIpc) is 3.18. The van der Waals surface area contributed by atoms with Gasteiger partial charge in [0.2, 0.25) is 0 Å². The minimum Gasteiger partial charge on any atom is -0.494 e. The molecule has 4 aromatic rings. The fourth-order valence-corrected chi connectivity index (χ4v) is 4.63. The lowest BCUT2D eigenvalue weighted by molar-refractivity contribution is 0.0985. The number of nitrogens with zero attached hydrogens (tertiary/aromatic N) is 3. The Morgan fingerprint density at radius 3 is 2.60 bits per heavy atom. The van der Waals surface area contributed by atoms with E-state index in [0.717, 1.165) is 21.4 Å². The van der Waals surface area contributed by atoms with Gasteiger partial charge >= 0.3 is 0 Å². The van der Waals surface area contributed by atoms with Crippen LogP contribution in [0.5, 0.6) is 5.75 Å². The molecule has 0 aliphatic carbocycles. The van der Waals surface area contributed by atoms with Crippen LogP contribution in [0.1, 0.15) is 27.0 Å². The number of methoxy groups -OCH3 is 1. The highest BCUT2D eigenvalue weighted by Gasteiger charge is 2.24. The molecule has 0 atom stereocenters. The maximum atomic E-state index is 13.6. The van der Waals surface area contributed by atoms with E-state index in [1.807, 2.05) is 44.2 Å². The molecule has 2 aromatic carbocycles. The number of hydrogen-bond acceptors (Lipinski definition) is 5. The van der Waals surface area contributed by atoms with Gasteiger partial charge in [-0.25, -0.2) is 4.98 Å². The zero-order valence-electron chi connectivity index (χ0n) is 16.8. The van der Waals surface area contributed by atoms with Gasteiger partial charge in [-0.1, -0.05) is 46.2 Å². The molecule has 152 valence electrons. The van der Waals surface area contributed by atoms with Crippen molar-refractivity contribution in [2.75, 3.05) is 12.0 Å². The zero-order valence-corrected chi connectivity index (χ0v) is 18.4. The van der Waals surface area contributed by atoms with E-state index < -0.39 is 0 Å². The lowest BCUT2D eigenvalue weighted by Gasteiger charge is -2.20. The number of aromatic nitrogens is 2. The number of benzene rings is 2. The molecule has 0 unspecified atom stereocenters. The van der Waals surface area contributed by atoms with Crippen LogP contribution < -0.4 is 9.64 Å². The second-order valence-electron chi connectivity index (χ2n) is 7.05. The molecule has 2 heterocycles. The first kappa shape index (κ1) is 20.3. The van der Waals surface area contributed by atoms with E-state index in [1.165, 1.54) is 11.3 Å². The Bertz CT molecular complexity index is 1200. The molecule has 0 saturated carbocycles. The van der Waals surface area contributed by atoms with Gasteiger partial charge in [-0.3, -0.25) is 14.7 Å². The molecular weight excluding hydrogens is 418 g/mol. The quantitative estimate of drug-likeness (QED) is 0.395. The van der Waals surface area contributed by atoms with Crippen molar-refractivity contribution in [3.05, 3.63) is 82.1 Å². The minimum atomic E-state index is -0.125. The van der Waals surface area contributed by atoms with Crippen LogP contribution in [-0.4, -0.2) is 23.0 Å². The number of hydrogen-bond donors (Lipinski definition) is 0. The van der Waals surface area contributed by atoms with Crippen molar-refractivity contribution in [1.29, 1.82) is 0 Å². The number of thiazole rings is 1. The predicted molar refractivity (Wildman–Crippen MR) is 122 cm³/mol. The van der Waals surface area contributed by atoms with Crippen molar-refractivity contribution >= 4 is 44.2 Å². The number of halogens is 1. The van der Waals surface area contributed by atoms with E-state index in [1.54, 1.807) is 36.5 Å². The number of rotatable bonds is 5. The molecular formula is C23H20ClN3O2S. The smallest absolute Gasteiger partial charge is 0.260 e. The summed E-state index contributed by atoms with van der Waals surface area (Å²) in [6.45, 7) is 4.31. The van der Waals surface area contributed by atoms with Crippen LogP contribution in [0.3, 0.4) is 0 Å². The number of amides is 1. The largest absolute Gasteiger partial charge is 0.494 e. The first-order chi connectivity index (χ1) is 14.5. The van der Waals surface area contributed by atoms with Gasteiger partial charge in [0.05, 0.1) is 23.4 Å². The fraction of sp³-hybridized carbons (Fsp3) is 0.174. The summed E-state index contributed by atoms with van der Waals surface area (Å²) in [7, 11) is 1.59. The van der Waals surface area contributed by atoms with Crippen molar-refractivity contribution in [2.24, 2.45) is 0 Å². The monoisotopic (exact) mass is 437 g/mol. The van der Waals surface area contributed by atoms with Crippen molar-refractivity contribution in [3.63, 3.8) is 0 Å². The van der Waals surface area contributed by atoms with Crippen molar-refractivity contribution < 1.29 is 9.53 Å². The third-order valence-corrected chi connectivity index (χ3v) is 6.21. The highest BCUT2D eigenvalue weighted by atomic mass is 35.5. The molecule has 0 radical (unpaired) electrons. The number of carbonyl (C=O) groups excluding carboxylic acids is 1. The van der Waals surface area contributed by atoms with Crippen molar-refractivity contribution in [3.8, 4) is 5.75 Å². The molecule has 0 aliphatic rings. The molecule has 5 nitrogen and oxygen atoms in total. The highest BCUT2D eigenvalue weighted by molar-refractivity contribution is 7.23. The summed E-state index contributed by atoms with van der Waals surface area (Å²) in [5.41, 5.74) is 4.25. The van der Waals surface area contributed by atoms with Crippen LogP contribution in [0.4, 0.5) is 5.13 Å². The van der Waals surface area contributed by atoms with E-state index in [9.17, 15) is 4.79 Å². The number of aryl methyl sites for hydroxylation is 2.